The molecule has 2 atom stereocenters. The predicted molar refractivity (Wildman–Crippen MR) is 50.3 cm³/mol. The highest BCUT2D eigenvalue weighted by molar-refractivity contribution is 5.82. The van der Waals surface area contributed by atoms with Crippen molar-refractivity contribution in [3.63, 3.8) is 0 Å². The third-order valence-electron chi connectivity index (χ3n) is 2.72. The monoisotopic (exact) mass is 292 g/mol. The van der Waals surface area contributed by atoms with E-state index in [4.69, 9.17) is 5.11 Å². The van der Waals surface area contributed by atoms with Crippen LogP contribution in [0.15, 0.2) is 12.2 Å². The van der Waals surface area contributed by atoms with Crippen LogP contribution in [0.4, 0.5) is 26.3 Å². The Morgan fingerprint density at radius 1 is 1.42 bits per heavy atom. The Bertz CT molecular complexity index is 395. The van der Waals surface area contributed by atoms with Crippen LogP contribution in [0.3, 0.4) is 0 Å². The smallest absolute Gasteiger partial charge is 0.426 e. The van der Waals surface area contributed by atoms with E-state index in [-0.39, 0.29) is 0 Å². The zero-order chi connectivity index (χ0) is 15.1. The second-order valence-electron chi connectivity index (χ2n) is 4.07. The van der Waals surface area contributed by atoms with Crippen molar-refractivity contribution in [1.82, 2.24) is 0 Å². The van der Waals surface area contributed by atoms with E-state index in [1.54, 1.807) is 0 Å². The van der Waals surface area contributed by atoms with E-state index in [1.165, 1.54) is 19.1 Å². The standard InChI is InChI=1S/C10H10F6O3/c1-2-3-5-4-8(5,7(17)18)19-10(15,16)9(13,14)6(11)12/h2-3,5-6H,4H2,1H3,(H,17,18)/b3-2-. The number of hydrogen-bond acceptors (Lipinski definition) is 2. The number of allylic oxidation sites excluding steroid dienone is 1. The maximum atomic E-state index is 13.0. The first-order valence-corrected chi connectivity index (χ1v) is 5.11. The van der Waals surface area contributed by atoms with Crippen LogP contribution >= 0.6 is 0 Å². The van der Waals surface area contributed by atoms with Gasteiger partial charge in [0.1, 0.15) is 0 Å². The molecule has 0 aromatic heterocycles. The van der Waals surface area contributed by atoms with Crippen molar-refractivity contribution in [1.29, 1.82) is 0 Å². The van der Waals surface area contributed by atoms with E-state index >= 15 is 0 Å². The molecule has 0 amide bonds. The van der Waals surface area contributed by atoms with Crippen molar-refractivity contribution < 1.29 is 41.0 Å². The van der Waals surface area contributed by atoms with Gasteiger partial charge in [-0.1, -0.05) is 12.2 Å². The fourth-order valence-electron chi connectivity index (χ4n) is 1.55. The lowest BCUT2D eigenvalue weighted by atomic mass is 10.2. The summed E-state index contributed by atoms with van der Waals surface area (Å²) in [5.41, 5.74) is -2.59. The zero-order valence-corrected chi connectivity index (χ0v) is 9.55. The quantitative estimate of drug-likeness (QED) is 0.605. The molecule has 0 aliphatic heterocycles. The lowest BCUT2D eigenvalue weighted by molar-refractivity contribution is -0.388. The Balaban J connectivity index is 2.97. The van der Waals surface area contributed by atoms with Crippen LogP contribution in [0.2, 0.25) is 0 Å². The van der Waals surface area contributed by atoms with Crippen LogP contribution in [0.5, 0.6) is 0 Å². The molecule has 1 N–H and O–H groups in total. The number of carbonyl (C=O) groups is 1. The van der Waals surface area contributed by atoms with E-state index < -0.39 is 42.4 Å². The number of aliphatic carboxylic acids is 1. The molecular formula is C10H10F6O3. The lowest BCUT2D eigenvalue weighted by Crippen LogP contribution is -2.52. The number of carboxylic acid groups (broad SMARTS) is 1. The van der Waals surface area contributed by atoms with Crippen molar-refractivity contribution >= 4 is 5.97 Å². The minimum absolute atomic E-state index is 0.485. The molecule has 9 heteroatoms. The second-order valence-corrected chi connectivity index (χ2v) is 4.07. The molecular weight excluding hydrogens is 282 g/mol. The number of halogens is 6. The Kier molecular flexibility index (Phi) is 3.91. The number of carboxylic acids is 1. The minimum atomic E-state index is -5.77. The summed E-state index contributed by atoms with van der Waals surface area (Å²) >= 11 is 0. The second kappa shape index (κ2) is 4.69. The number of alkyl halides is 6. The number of hydrogen-bond donors (Lipinski definition) is 1. The lowest BCUT2D eigenvalue weighted by Gasteiger charge is -2.28. The van der Waals surface area contributed by atoms with Gasteiger partial charge in [-0.25, -0.2) is 13.6 Å². The number of rotatable bonds is 6. The molecule has 1 saturated carbocycles. The summed E-state index contributed by atoms with van der Waals surface area (Å²) in [6, 6.07) is 0. The predicted octanol–water partition coefficient (Wildman–Crippen LogP) is 2.92. The van der Waals surface area contributed by atoms with E-state index in [0.717, 1.165) is 0 Å². The molecule has 1 fully saturated rings. The molecule has 110 valence electrons. The fraction of sp³-hybridized carbons (Fsp3) is 0.700. The molecule has 0 aromatic rings. The van der Waals surface area contributed by atoms with Crippen molar-refractivity contribution in [2.75, 3.05) is 0 Å². The summed E-state index contributed by atoms with van der Waals surface area (Å²) in [7, 11) is 0. The van der Waals surface area contributed by atoms with Gasteiger partial charge in [-0.05, 0) is 13.3 Å². The van der Waals surface area contributed by atoms with Gasteiger partial charge in [-0.2, -0.15) is 17.6 Å². The van der Waals surface area contributed by atoms with Gasteiger partial charge in [-0.15, -0.1) is 0 Å². The Hall–Kier alpha value is -1.25. The maximum absolute atomic E-state index is 13.0. The van der Waals surface area contributed by atoms with Crippen molar-refractivity contribution in [3.05, 3.63) is 12.2 Å². The highest BCUT2D eigenvalue weighted by Gasteiger charge is 2.73. The average Bonchev–Trinajstić information content (AvgIpc) is 2.92. The van der Waals surface area contributed by atoms with Crippen molar-refractivity contribution in [2.24, 2.45) is 5.92 Å². The van der Waals surface area contributed by atoms with Crippen LogP contribution in [0, 0.1) is 5.92 Å². The normalized spacial score (nSPS) is 28.1. The Morgan fingerprint density at radius 2 is 1.95 bits per heavy atom. The maximum Gasteiger partial charge on any atom is 0.426 e. The fourth-order valence-corrected chi connectivity index (χ4v) is 1.55. The molecule has 0 radical (unpaired) electrons. The minimum Gasteiger partial charge on any atom is -0.479 e. The molecule has 2 unspecified atom stereocenters. The summed E-state index contributed by atoms with van der Waals surface area (Å²) in [5, 5.41) is 8.74. The molecule has 0 heterocycles. The first-order chi connectivity index (χ1) is 8.51. The zero-order valence-electron chi connectivity index (χ0n) is 9.55. The van der Waals surface area contributed by atoms with Gasteiger partial charge in [-0.3, -0.25) is 4.74 Å². The topological polar surface area (TPSA) is 46.5 Å². The highest BCUT2D eigenvalue weighted by atomic mass is 19.3. The van der Waals surface area contributed by atoms with Gasteiger partial charge in [0.25, 0.3) is 0 Å². The van der Waals surface area contributed by atoms with Crippen LogP contribution in [-0.4, -0.2) is 35.1 Å². The molecule has 1 aliphatic carbocycles. The van der Waals surface area contributed by atoms with E-state index in [1.807, 2.05) is 0 Å². The SMILES string of the molecule is C/C=C\C1CC1(OC(F)(F)C(F)(F)C(F)F)C(=O)O. The first-order valence-electron chi connectivity index (χ1n) is 5.11. The molecule has 0 saturated heterocycles. The summed E-state index contributed by atoms with van der Waals surface area (Å²) in [6.45, 7) is 1.46. The summed E-state index contributed by atoms with van der Waals surface area (Å²) < 4.78 is 78.6. The third-order valence-corrected chi connectivity index (χ3v) is 2.72. The summed E-state index contributed by atoms with van der Waals surface area (Å²) in [5.74, 6) is -8.73. The highest BCUT2D eigenvalue weighted by Crippen LogP contribution is 2.54. The molecule has 1 rings (SSSR count). The Morgan fingerprint density at radius 3 is 2.32 bits per heavy atom. The van der Waals surface area contributed by atoms with Gasteiger partial charge in [0, 0.05) is 5.92 Å². The third kappa shape index (κ3) is 2.56. The van der Waals surface area contributed by atoms with Crippen molar-refractivity contribution in [3.8, 4) is 0 Å². The Labute approximate surface area is 103 Å². The average molecular weight is 292 g/mol. The van der Waals surface area contributed by atoms with E-state index in [2.05, 4.69) is 4.74 Å². The molecule has 0 spiro atoms. The molecule has 3 nitrogen and oxygen atoms in total. The van der Waals surface area contributed by atoms with Crippen LogP contribution < -0.4 is 0 Å². The van der Waals surface area contributed by atoms with Crippen LogP contribution in [0.25, 0.3) is 0 Å². The molecule has 1 aliphatic rings. The molecule has 0 bridgehead atoms. The van der Waals surface area contributed by atoms with Gasteiger partial charge < -0.3 is 5.11 Å². The molecule has 19 heavy (non-hydrogen) atoms. The van der Waals surface area contributed by atoms with E-state index in [0.29, 0.717) is 0 Å². The summed E-state index contributed by atoms with van der Waals surface area (Å²) in [4.78, 5) is 10.8. The first kappa shape index (κ1) is 15.8. The number of ether oxygens (including phenoxy) is 1. The van der Waals surface area contributed by atoms with Crippen LogP contribution in [-0.2, 0) is 9.53 Å². The largest absolute Gasteiger partial charge is 0.479 e. The summed E-state index contributed by atoms with van der Waals surface area (Å²) in [6.07, 6.45) is -8.24. The van der Waals surface area contributed by atoms with E-state index in [9.17, 15) is 31.1 Å². The van der Waals surface area contributed by atoms with Gasteiger partial charge in [0.15, 0.2) is 5.60 Å². The van der Waals surface area contributed by atoms with Gasteiger partial charge in [0.05, 0.1) is 0 Å². The van der Waals surface area contributed by atoms with Gasteiger partial charge in [0.2, 0.25) is 0 Å². The van der Waals surface area contributed by atoms with Gasteiger partial charge >= 0.3 is 24.4 Å². The van der Waals surface area contributed by atoms with Crippen LogP contribution in [0.1, 0.15) is 13.3 Å². The van der Waals surface area contributed by atoms with Crippen molar-refractivity contribution in [2.45, 2.75) is 37.4 Å². The molecule has 0 aromatic carbocycles.